The average Bonchev–Trinajstić information content (AvgIpc) is 2.72. The Hall–Kier alpha value is -2.20. The average molecular weight is 379 g/mol. The minimum Gasteiger partial charge on any atom is -0.378 e. The number of ether oxygens (including phenoxy) is 1. The molecular formula is C16H26N8OS. The van der Waals surface area contributed by atoms with Crippen LogP contribution in [0.5, 0.6) is 0 Å². The number of piperidine rings is 1. The summed E-state index contributed by atoms with van der Waals surface area (Å²) in [6.45, 7) is 9.09. The van der Waals surface area contributed by atoms with E-state index in [-0.39, 0.29) is 0 Å². The molecule has 1 aromatic heterocycles. The van der Waals surface area contributed by atoms with E-state index < -0.39 is 0 Å². The molecule has 142 valence electrons. The van der Waals surface area contributed by atoms with Gasteiger partial charge in [-0.05, 0) is 31.5 Å². The van der Waals surface area contributed by atoms with E-state index in [4.69, 9.17) is 21.9 Å². The van der Waals surface area contributed by atoms with Gasteiger partial charge in [0.1, 0.15) is 0 Å². The number of rotatable bonds is 6. The predicted molar refractivity (Wildman–Crippen MR) is 106 cm³/mol. The molecule has 0 radical (unpaired) electrons. The van der Waals surface area contributed by atoms with Crippen molar-refractivity contribution >= 4 is 35.2 Å². The lowest BCUT2D eigenvalue weighted by molar-refractivity contribution is 0.122. The van der Waals surface area contributed by atoms with Crippen molar-refractivity contribution in [1.29, 1.82) is 0 Å². The quantitative estimate of drug-likeness (QED) is 0.373. The van der Waals surface area contributed by atoms with Gasteiger partial charge in [-0.25, -0.2) is 0 Å². The number of aromatic nitrogens is 3. The van der Waals surface area contributed by atoms with E-state index in [2.05, 4.69) is 42.5 Å². The Bertz CT molecular complexity index is 580. The van der Waals surface area contributed by atoms with Crippen molar-refractivity contribution in [3.8, 4) is 0 Å². The molecule has 2 aliphatic rings. The molecule has 1 aromatic rings. The summed E-state index contributed by atoms with van der Waals surface area (Å²) in [6, 6.07) is 0. The van der Waals surface area contributed by atoms with Crippen molar-refractivity contribution in [2.24, 2.45) is 0 Å². The number of nitrogens with zero attached hydrogens (tertiary/aromatic N) is 5. The van der Waals surface area contributed by atoms with Gasteiger partial charge in [-0.15, -0.1) is 6.58 Å². The largest absolute Gasteiger partial charge is 0.378 e. The molecule has 0 aromatic carbocycles. The lowest BCUT2D eigenvalue weighted by Crippen LogP contribution is -2.41. The van der Waals surface area contributed by atoms with Crippen LogP contribution in [0, 0.1) is 0 Å². The van der Waals surface area contributed by atoms with Crippen molar-refractivity contribution in [3.05, 3.63) is 12.7 Å². The van der Waals surface area contributed by atoms with E-state index in [1.54, 1.807) is 6.08 Å². The number of thiocarbonyl (C=S) groups is 1. The molecule has 0 amide bonds. The topological polar surface area (TPSA) is 90.5 Å². The normalized spacial score (nSPS) is 17.5. The maximum absolute atomic E-state index is 5.43. The van der Waals surface area contributed by atoms with E-state index in [0.717, 1.165) is 39.0 Å². The van der Waals surface area contributed by atoms with E-state index in [1.165, 1.54) is 6.42 Å². The number of hydrogen-bond donors (Lipinski definition) is 3. The monoisotopic (exact) mass is 378 g/mol. The second-order valence-electron chi connectivity index (χ2n) is 6.15. The summed E-state index contributed by atoms with van der Waals surface area (Å²) in [6.07, 6.45) is 5.32. The first-order valence-electron chi connectivity index (χ1n) is 9.01. The van der Waals surface area contributed by atoms with E-state index in [9.17, 15) is 0 Å². The Morgan fingerprint density at radius 1 is 1.04 bits per heavy atom. The van der Waals surface area contributed by atoms with Gasteiger partial charge < -0.3 is 19.9 Å². The Morgan fingerprint density at radius 2 is 1.69 bits per heavy atom. The third-order valence-corrected chi connectivity index (χ3v) is 4.49. The summed E-state index contributed by atoms with van der Waals surface area (Å²) in [5.74, 6) is 1.82. The molecule has 3 N–H and O–H groups in total. The Labute approximate surface area is 159 Å². The second-order valence-corrected chi connectivity index (χ2v) is 6.56. The van der Waals surface area contributed by atoms with Crippen molar-refractivity contribution in [2.75, 3.05) is 61.2 Å². The van der Waals surface area contributed by atoms with Crippen LogP contribution in [0.4, 0.5) is 17.8 Å². The molecule has 0 spiro atoms. The van der Waals surface area contributed by atoms with Gasteiger partial charge in [0, 0.05) is 32.7 Å². The first kappa shape index (κ1) is 18.6. The Balaban J connectivity index is 1.75. The Kier molecular flexibility index (Phi) is 6.78. The third kappa shape index (κ3) is 5.15. The van der Waals surface area contributed by atoms with Crippen LogP contribution in [-0.2, 0) is 4.74 Å². The maximum atomic E-state index is 5.43. The van der Waals surface area contributed by atoms with Crippen molar-refractivity contribution in [1.82, 2.24) is 25.7 Å². The van der Waals surface area contributed by atoms with E-state index in [0.29, 0.717) is 42.7 Å². The number of nitrogens with one attached hydrogen (secondary N) is 3. The van der Waals surface area contributed by atoms with Gasteiger partial charge in [-0.1, -0.05) is 6.08 Å². The molecule has 3 rings (SSSR count). The zero-order chi connectivity index (χ0) is 18.2. The first-order chi connectivity index (χ1) is 12.8. The molecule has 2 fully saturated rings. The van der Waals surface area contributed by atoms with Crippen LogP contribution in [0.3, 0.4) is 0 Å². The first-order valence-corrected chi connectivity index (χ1v) is 9.41. The summed E-state index contributed by atoms with van der Waals surface area (Å²) >= 11 is 5.19. The van der Waals surface area contributed by atoms with Crippen LogP contribution < -0.4 is 26.0 Å². The Morgan fingerprint density at radius 3 is 2.35 bits per heavy atom. The summed E-state index contributed by atoms with van der Waals surface area (Å²) in [5, 5.41) is 3.45. The lowest BCUT2D eigenvalue weighted by Gasteiger charge is -2.30. The van der Waals surface area contributed by atoms with Crippen LogP contribution in [0.25, 0.3) is 0 Å². The van der Waals surface area contributed by atoms with Crippen LogP contribution in [0.2, 0.25) is 0 Å². The van der Waals surface area contributed by atoms with Crippen LogP contribution >= 0.6 is 12.2 Å². The van der Waals surface area contributed by atoms with Gasteiger partial charge in [-0.3, -0.25) is 10.9 Å². The fourth-order valence-corrected chi connectivity index (χ4v) is 3.01. The molecule has 2 aliphatic heterocycles. The van der Waals surface area contributed by atoms with Gasteiger partial charge in [0.2, 0.25) is 17.8 Å². The summed E-state index contributed by atoms with van der Waals surface area (Å²) in [5.41, 5.74) is 5.88. The lowest BCUT2D eigenvalue weighted by atomic mass is 10.1. The molecule has 26 heavy (non-hydrogen) atoms. The molecule has 0 bridgehead atoms. The molecule has 0 atom stereocenters. The fourth-order valence-electron chi connectivity index (χ4n) is 2.87. The molecule has 9 nitrogen and oxygen atoms in total. The summed E-state index contributed by atoms with van der Waals surface area (Å²) in [4.78, 5) is 18.2. The van der Waals surface area contributed by atoms with Crippen molar-refractivity contribution in [2.45, 2.75) is 19.3 Å². The molecule has 0 aliphatic carbocycles. The molecule has 10 heteroatoms. The molecule has 2 saturated heterocycles. The van der Waals surface area contributed by atoms with E-state index >= 15 is 0 Å². The van der Waals surface area contributed by atoms with Crippen LogP contribution in [0.1, 0.15) is 19.3 Å². The van der Waals surface area contributed by atoms with E-state index in [1.807, 2.05) is 0 Å². The van der Waals surface area contributed by atoms with Crippen molar-refractivity contribution in [3.63, 3.8) is 0 Å². The van der Waals surface area contributed by atoms with Gasteiger partial charge >= 0.3 is 0 Å². The number of hydrogen-bond acceptors (Lipinski definition) is 8. The maximum Gasteiger partial charge on any atom is 0.248 e. The highest BCUT2D eigenvalue weighted by molar-refractivity contribution is 7.80. The minimum atomic E-state index is 0.449. The summed E-state index contributed by atoms with van der Waals surface area (Å²) in [7, 11) is 0. The smallest absolute Gasteiger partial charge is 0.248 e. The highest BCUT2D eigenvalue weighted by Gasteiger charge is 2.20. The number of morpholine rings is 1. The van der Waals surface area contributed by atoms with Gasteiger partial charge in [0.05, 0.1) is 13.2 Å². The van der Waals surface area contributed by atoms with Gasteiger partial charge in [0.15, 0.2) is 5.11 Å². The highest BCUT2D eigenvalue weighted by Crippen LogP contribution is 2.20. The number of anilines is 3. The minimum absolute atomic E-state index is 0.449. The fraction of sp³-hybridized carbons (Fsp3) is 0.625. The van der Waals surface area contributed by atoms with Crippen molar-refractivity contribution < 1.29 is 4.74 Å². The third-order valence-electron chi connectivity index (χ3n) is 4.24. The SMILES string of the molecule is C=CCNC(=S)NNc1nc(N2CCCCC2)nc(N2CCOCC2)n1. The standard InChI is InChI=1S/C16H26N8OS/c1-2-6-17-16(26)22-21-13-18-14(23-7-4-3-5-8-23)20-15(19-13)24-9-11-25-12-10-24/h2H,1,3-12H2,(H2,17,22,26)(H,18,19,20,21). The summed E-state index contributed by atoms with van der Waals surface area (Å²) < 4.78 is 5.43. The molecular weight excluding hydrogens is 352 g/mol. The predicted octanol–water partition coefficient (Wildman–Crippen LogP) is 0.675. The highest BCUT2D eigenvalue weighted by atomic mass is 32.1. The molecule has 0 unspecified atom stereocenters. The molecule has 0 saturated carbocycles. The van der Waals surface area contributed by atoms with Gasteiger partial charge in [0.25, 0.3) is 0 Å². The van der Waals surface area contributed by atoms with Crippen LogP contribution in [-0.4, -0.2) is 66.0 Å². The number of hydrazine groups is 1. The van der Waals surface area contributed by atoms with Gasteiger partial charge in [-0.2, -0.15) is 15.0 Å². The zero-order valence-electron chi connectivity index (χ0n) is 14.9. The second kappa shape index (κ2) is 9.48. The zero-order valence-corrected chi connectivity index (χ0v) is 15.7. The van der Waals surface area contributed by atoms with Crippen LogP contribution in [0.15, 0.2) is 12.7 Å². The molecule has 3 heterocycles.